The minimum Gasteiger partial charge on any atom is -0.409 e. The van der Waals surface area contributed by atoms with Crippen molar-refractivity contribution in [3.63, 3.8) is 0 Å². The Labute approximate surface area is 144 Å². The standard InChI is InChI=1S/C20H21O3P/c1-5-11-19(16(2)3)22-24(21-18-13-7-6-8-14-18)23-20-15-10-9-12-17(20)4/h5-15H,1-2H2,3-4H3/b19-11+. The van der Waals surface area contributed by atoms with Crippen molar-refractivity contribution in [2.75, 3.05) is 0 Å². The first-order chi connectivity index (χ1) is 11.6. The molecule has 0 aliphatic rings. The Morgan fingerprint density at radius 2 is 1.67 bits per heavy atom. The van der Waals surface area contributed by atoms with E-state index in [9.17, 15) is 0 Å². The van der Waals surface area contributed by atoms with Gasteiger partial charge in [-0.25, -0.2) is 0 Å². The van der Waals surface area contributed by atoms with E-state index in [1.54, 1.807) is 12.2 Å². The summed E-state index contributed by atoms with van der Waals surface area (Å²) in [6, 6.07) is 17.2. The molecular weight excluding hydrogens is 319 g/mol. The molecule has 0 heterocycles. The number of hydrogen-bond donors (Lipinski definition) is 0. The van der Waals surface area contributed by atoms with Gasteiger partial charge in [-0.3, -0.25) is 0 Å². The van der Waals surface area contributed by atoms with Gasteiger partial charge in [0.2, 0.25) is 0 Å². The van der Waals surface area contributed by atoms with Gasteiger partial charge in [0, 0.05) is 0 Å². The number of benzene rings is 2. The molecule has 2 aromatic rings. The molecule has 0 saturated carbocycles. The summed E-state index contributed by atoms with van der Waals surface area (Å²) in [7, 11) is -1.69. The average Bonchev–Trinajstić information content (AvgIpc) is 2.57. The number of hydrogen-bond acceptors (Lipinski definition) is 3. The van der Waals surface area contributed by atoms with Crippen molar-refractivity contribution >= 4 is 8.60 Å². The Kier molecular flexibility index (Phi) is 6.65. The Morgan fingerprint density at radius 1 is 1.00 bits per heavy atom. The summed E-state index contributed by atoms with van der Waals surface area (Å²) in [5.74, 6) is 1.98. The zero-order chi connectivity index (χ0) is 17.4. The molecule has 0 radical (unpaired) electrons. The minimum atomic E-state index is -1.69. The van der Waals surface area contributed by atoms with Gasteiger partial charge < -0.3 is 13.6 Å². The van der Waals surface area contributed by atoms with Gasteiger partial charge in [-0.15, -0.1) is 0 Å². The zero-order valence-corrected chi connectivity index (χ0v) is 14.8. The largest absolute Gasteiger partial charge is 0.530 e. The molecule has 0 saturated heterocycles. The molecule has 0 N–H and O–H groups in total. The van der Waals surface area contributed by atoms with Crippen LogP contribution in [0.4, 0.5) is 0 Å². The number of allylic oxidation sites excluding steroid dienone is 3. The van der Waals surface area contributed by atoms with Gasteiger partial charge in [0.1, 0.15) is 17.3 Å². The van der Waals surface area contributed by atoms with Gasteiger partial charge >= 0.3 is 8.60 Å². The third kappa shape index (κ3) is 5.29. The fraction of sp³-hybridized carbons (Fsp3) is 0.100. The predicted molar refractivity (Wildman–Crippen MR) is 100.0 cm³/mol. The SMILES string of the molecule is C=C/C=C(/OP(Oc1ccccc1)Oc1ccccc1C)C(=C)C. The van der Waals surface area contributed by atoms with Crippen molar-refractivity contribution < 1.29 is 13.6 Å². The smallest absolute Gasteiger partial charge is 0.409 e. The van der Waals surface area contributed by atoms with Crippen LogP contribution in [0.25, 0.3) is 0 Å². The normalized spacial score (nSPS) is 12.2. The Balaban J connectivity index is 2.23. The maximum absolute atomic E-state index is 5.98. The molecule has 0 fully saturated rings. The van der Waals surface area contributed by atoms with Gasteiger partial charge in [-0.2, -0.15) is 0 Å². The fourth-order valence-electron chi connectivity index (χ4n) is 1.80. The highest BCUT2D eigenvalue weighted by Crippen LogP contribution is 2.45. The van der Waals surface area contributed by atoms with Crippen LogP contribution in [-0.4, -0.2) is 0 Å². The topological polar surface area (TPSA) is 27.7 Å². The first-order valence-electron chi connectivity index (χ1n) is 7.53. The molecule has 0 amide bonds. The minimum absolute atomic E-state index is 0.584. The predicted octanol–water partition coefficient (Wildman–Crippen LogP) is 6.34. The number of aryl methyl sites for hydroxylation is 1. The lowest BCUT2D eigenvalue weighted by atomic mass is 10.2. The van der Waals surface area contributed by atoms with Crippen LogP contribution < -0.4 is 9.05 Å². The molecule has 0 bridgehead atoms. The highest BCUT2D eigenvalue weighted by atomic mass is 31.2. The third-order valence-electron chi connectivity index (χ3n) is 3.05. The Hall–Kier alpha value is -2.51. The van der Waals surface area contributed by atoms with Gasteiger partial charge in [0.05, 0.1) is 0 Å². The number of para-hydroxylation sites is 2. The lowest BCUT2D eigenvalue weighted by Crippen LogP contribution is -2.01. The summed E-state index contributed by atoms with van der Waals surface area (Å²) in [4.78, 5) is 0. The highest BCUT2D eigenvalue weighted by molar-refractivity contribution is 7.42. The van der Waals surface area contributed by atoms with Crippen molar-refractivity contribution in [2.24, 2.45) is 0 Å². The highest BCUT2D eigenvalue weighted by Gasteiger charge is 2.21. The van der Waals surface area contributed by atoms with E-state index in [4.69, 9.17) is 13.6 Å². The van der Waals surface area contributed by atoms with E-state index in [2.05, 4.69) is 13.2 Å². The molecule has 1 atom stereocenters. The lowest BCUT2D eigenvalue weighted by molar-refractivity contribution is 0.335. The van der Waals surface area contributed by atoms with Crippen LogP contribution in [0.5, 0.6) is 11.5 Å². The van der Waals surface area contributed by atoms with Crippen molar-refractivity contribution in [1.29, 1.82) is 0 Å². The van der Waals surface area contributed by atoms with Crippen molar-refractivity contribution in [2.45, 2.75) is 13.8 Å². The maximum Gasteiger partial charge on any atom is 0.530 e. The lowest BCUT2D eigenvalue weighted by Gasteiger charge is -2.20. The molecule has 0 aliphatic carbocycles. The third-order valence-corrected chi connectivity index (χ3v) is 4.10. The Morgan fingerprint density at radius 3 is 2.29 bits per heavy atom. The van der Waals surface area contributed by atoms with Gasteiger partial charge in [0.15, 0.2) is 0 Å². The van der Waals surface area contributed by atoms with E-state index >= 15 is 0 Å². The molecule has 0 spiro atoms. The summed E-state index contributed by atoms with van der Waals surface area (Å²) in [5, 5.41) is 0. The number of rotatable bonds is 8. The second-order valence-corrected chi connectivity index (χ2v) is 6.12. The van der Waals surface area contributed by atoms with Crippen LogP contribution >= 0.6 is 8.60 Å². The quantitative estimate of drug-likeness (QED) is 0.319. The van der Waals surface area contributed by atoms with Crippen molar-refractivity contribution in [1.82, 2.24) is 0 Å². The van der Waals surface area contributed by atoms with E-state index in [1.165, 1.54) is 0 Å². The molecule has 3 nitrogen and oxygen atoms in total. The molecule has 24 heavy (non-hydrogen) atoms. The van der Waals surface area contributed by atoms with Crippen LogP contribution in [0.2, 0.25) is 0 Å². The molecule has 0 aliphatic heterocycles. The zero-order valence-electron chi connectivity index (χ0n) is 13.9. The summed E-state index contributed by atoms with van der Waals surface area (Å²) >= 11 is 0. The van der Waals surface area contributed by atoms with E-state index < -0.39 is 8.60 Å². The molecule has 124 valence electrons. The van der Waals surface area contributed by atoms with Crippen molar-refractivity contribution in [3.8, 4) is 11.5 Å². The first kappa shape index (κ1) is 17.8. The molecule has 1 unspecified atom stereocenters. The van der Waals surface area contributed by atoms with Gasteiger partial charge in [0.25, 0.3) is 0 Å². The van der Waals surface area contributed by atoms with Crippen molar-refractivity contribution in [3.05, 3.63) is 96.8 Å². The second-order valence-electron chi connectivity index (χ2n) is 5.12. The van der Waals surface area contributed by atoms with Crippen LogP contribution in [0, 0.1) is 6.92 Å². The molecule has 2 rings (SSSR count). The molecule has 0 aromatic heterocycles. The average molecular weight is 340 g/mol. The summed E-state index contributed by atoms with van der Waals surface area (Å²) in [6.45, 7) is 11.5. The summed E-state index contributed by atoms with van der Waals surface area (Å²) in [5.41, 5.74) is 1.78. The van der Waals surface area contributed by atoms with Gasteiger partial charge in [-0.1, -0.05) is 55.6 Å². The summed E-state index contributed by atoms with van der Waals surface area (Å²) in [6.07, 6.45) is 3.39. The van der Waals surface area contributed by atoms with Gasteiger partial charge in [-0.05, 0) is 49.3 Å². The van der Waals surface area contributed by atoms with E-state index in [0.717, 1.165) is 16.9 Å². The van der Waals surface area contributed by atoms with Crippen LogP contribution in [0.1, 0.15) is 12.5 Å². The molecule has 4 heteroatoms. The van der Waals surface area contributed by atoms with Crippen LogP contribution in [-0.2, 0) is 4.52 Å². The van der Waals surface area contributed by atoms with E-state index in [-0.39, 0.29) is 0 Å². The van der Waals surface area contributed by atoms with E-state index in [1.807, 2.05) is 68.4 Å². The maximum atomic E-state index is 5.98. The fourth-order valence-corrected chi connectivity index (χ4v) is 2.95. The van der Waals surface area contributed by atoms with E-state index in [0.29, 0.717) is 11.5 Å². The summed E-state index contributed by atoms with van der Waals surface area (Å²) < 4.78 is 17.8. The molecular formula is C20H21O3P. The van der Waals surface area contributed by atoms with Crippen LogP contribution in [0.15, 0.2) is 91.2 Å². The molecule has 2 aromatic carbocycles. The monoisotopic (exact) mass is 340 g/mol. The second kappa shape index (κ2) is 8.95. The first-order valence-corrected chi connectivity index (χ1v) is 8.63. The van der Waals surface area contributed by atoms with Crippen LogP contribution in [0.3, 0.4) is 0 Å². The Bertz CT molecular complexity index is 723.